The summed E-state index contributed by atoms with van der Waals surface area (Å²) < 4.78 is 4.15. The molecule has 5 nitrogen and oxygen atoms in total. The van der Waals surface area contributed by atoms with Crippen molar-refractivity contribution < 1.29 is 4.42 Å². The van der Waals surface area contributed by atoms with Gasteiger partial charge in [-0.15, -0.1) is 5.10 Å². The van der Waals surface area contributed by atoms with Crippen LogP contribution < -0.4 is 5.76 Å². The highest BCUT2D eigenvalue weighted by Gasteiger charge is 1.93. The van der Waals surface area contributed by atoms with Crippen molar-refractivity contribution in [2.45, 2.75) is 0 Å². The average molecular weight is 111 g/mol. The van der Waals surface area contributed by atoms with Gasteiger partial charge in [-0.1, -0.05) is 0 Å². The molecule has 1 aromatic rings. The monoisotopic (exact) mass is 111 g/mol. The molecule has 0 aliphatic heterocycles. The summed E-state index contributed by atoms with van der Waals surface area (Å²) in [7, 11) is 0. The van der Waals surface area contributed by atoms with Crippen LogP contribution in [0.1, 0.15) is 5.89 Å². The molecule has 0 saturated carbocycles. The van der Waals surface area contributed by atoms with Crippen molar-refractivity contribution >= 4 is 0 Å². The summed E-state index contributed by atoms with van der Waals surface area (Å²) in [6.45, 7) is 0. The second kappa shape index (κ2) is 1.50. The van der Waals surface area contributed by atoms with Gasteiger partial charge in [0.15, 0.2) is 6.07 Å². The average Bonchev–Trinajstić information content (AvgIpc) is 2.14. The van der Waals surface area contributed by atoms with E-state index in [1.807, 2.05) is 5.10 Å². The third kappa shape index (κ3) is 0.586. The molecule has 0 fully saturated rings. The molecule has 0 bridgehead atoms. The lowest BCUT2D eigenvalue weighted by Gasteiger charge is -1.60. The van der Waals surface area contributed by atoms with Gasteiger partial charge in [-0.2, -0.15) is 5.26 Å². The first-order chi connectivity index (χ1) is 3.83. The number of nitriles is 1. The van der Waals surface area contributed by atoms with E-state index in [-0.39, 0.29) is 5.89 Å². The molecule has 0 aromatic carbocycles. The molecular weight excluding hydrogens is 110 g/mol. The van der Waals surface area contributed by atoms with Crippen LogP contribution in [0.15, 0.2) is 9.21 Å². The smallest absolute Gasteiger partial charge is 0.378 e. The van der Waals surface area contributed by atoms with Gasteiger partial charge in [0, 0.05) is 0 Å². The summed E-state index contributed by atoms with van der Waals surface area (Å²) in [6, 6.07) is 1.54. The molecule has 1 N–H and O–H groups in total. The SMILES string of the molecule is N#Cc1n[nH]c(=O)o1. The second-order valence-corrected chi connectivity index (χ2v) is 1.03. The first-order valence-corrected chi connectivity index (χ1v) is 1.78. The molecule has 8 heavy (non-hydrogen) atoms. The molecule has 0 saturated heterocycles. The van der Waals surface area contributed by atoms with E-state index in [0.717, 1.165) is 0 Å². The summed E-state index contributed by atoms with van der Waals surface area (Å²) in [6.07, 6.45) is 0. The number of nitrogens with one attached hydrogen (secondary N) is 1. The van der Waals surface area contributed by atoms with Crippen molar-refractivity contribution in [2.24, 2.45) is 0 Å². The number of H-pyrrole nitrogens is 1. The third-order valence-corrected chi connectivity index (χ3v) is 0.534. The molecule has 0 aliphatic carbocycles. The second-order valence-electron chi connectivity index (χ2n) is 1.03. The molecule has 1 aromatic heterocycles. The third-order valence-electron chi connectivity index (χ3n) is 0.534. The van der Waals surface area contributed by atoms with E-state index >= 15 is 0 Å². The van der Waals surface area contributed by atoms with Crippen LogP contribution in [0.25, 0.3) is 0 Å². The first-order valence-electron chi connectivity index (χ1n) is 1.78. The van der Waals surface area contributed by atoms with Gasteiger partial charge in [-0.3, -0.25) is 0 Å². The van der Waals surface area contributed by atoms with Crippen LogP contribution in [0.3, 0.4) is 0 Å². The Morgan fingerprint density at radius 2 is 2.62 bits per heavy atom. The Bertz CT molecular complexity index is 265. The molecule has 1 rings (SSSR count). The van der Waals surface area contributed by atoms with Crippen molar-refractivity contribution in [3.8, 4) is 6.07 Å². The zero-order valence-electron chi connectivity index (χ0n) is 3.71. The molecule has 0 aliphatic rings. The van der Waals surface area contributed by atoms with Gasteiger partial charge < -0.3 is 4.42 Å². The van der Waals surface area contributed by atoms with Gasteiger partial charge in [-0.25, -0.2) is 9.89 Å². The zero-order valence-corrected chi connectivity index (χ0v) is 3.71. The number of hydrogen-bond acceptors (Lipinski definition) is 4. The quantitative estimate of drug-likeness (QED) is 0.476. The number of aromatic amines is 1. The van der Waals surface area contributed by atoms with Crippen molar-refractivity contribution in [2.75, 3.05) is 0 Å². The predicted octanol–water partition coefficient (Wildman–Crippen LogP) is -0.765. The van der Waals surface area contributed by atoms with E-state index in [1.165, 1.54) is 6.07 Å². The Morgan fingerprint density at radius 1 is 1.88 bits per heavy atom. The predicted molar refractivity (Wildman–Crippen MR) is 21.8 cm³/mol. The summed E-state index contributed by atoms with van der Waals surface area (Å²) in [4.78, 5) is 10.0. The molecule has 0 amide bonds. The van der Waals surface area contributed by atoms with E-state index in [1.54, 1.807) is 0 Å². The first kappa shape index (κ1) is 4.59. The molecule has 0 spiro atoms. The van der Waals surface area contributed by atoms with E-state index in [9.17, 15) is 4.79 Å². The molecule has 0 atom stereocenters. The Kier molecular flexibility index (Phi) is 0.860. The van der Waals surface area contributed by atoms with Crippen molar-refractivity contribution in [1.82, 2.24) is 10.2 Å². The topological polar surface area (TPSA) is 82.7 Å². The van der Waals surface area contributed by atoms with Crippen LogP contribution in [0, 0.1) is 11.3 Å². The van der Waals surface area contributed by atoms with E-state index < -0.39 is 5.76 Å². The highest BCUT2D eigenvalue weighted by Crippen LogP contribution is 1.77. The van der Waals surface area contributed by atoms with Gasteiger partial charge in [0.1, 0.15) is 0 Å². The highest BCUT2D eigenvalue weighted by atomic mass is 16.4. The molecule has 5 heteroatoms. The Hall–Kier alpha value is -1.57. The Balaban J connectivity index is 3.25. The minimum Gasteiger partial charge on any atom is -0.378 e. The van der Waals surface area contributed by atoms with Gasteiger partial charge in [0.25, 0.3) is 0 Å². The maximum atomic E-state index is 10.0. The minimum atomic E-state index is -0.707. The number of rotatable bonds is 0. The van der Waals surface area contributed by atoms with Crippen LogP contribution >= 0.6 is 0 Å². The highest BCUT2D eigenvalue weighted by molar-refractivity contribution is 4.99. The van der Waals surface area contributed by atoms with Crippen molar-refractivity contribution in [3.05, 3.63) is 16.4 Å². The number of hydrogen-bond donors (Lipinski definition) is 1. The van der Waals surface area contributed by atoms with E-state index in [0.29, 0.717) is 0 Å². The number of nitrogens with zero attached hydrogens (tertiary/aromatic N) is 2. The lowest BCUT2D eigenvalue weighted by atomic mass is 10.8. The fourth-order valence-corrected chi connectivity index (χ4v) is 0.278. The summed E-state index contributed by atoms with van der Waals surface area (Å²) in [5.74, 6) is -0.948. The summed E-state index contributed by atoms with van der Waals surface area (Å²) in [5, 5.41) is 13.1. The van der Waals surface area contributed by atoms with Gasteiger partial charge in [0.05, 0.1) is 0 Å². The molecule has 0 radical (unpaired) electrons. The Labute approximate surface area is 43.6 Å². The fourth-order valence-electron chi connectivity index (χ4n) is 0.278. The normalized spacial score (nSPS) is 8.38. The van der Waals surface area contributed by atoms with Gasteiger partial charge >= 0.3 is 11.6 Å². The van der Waals surface area contributed by atoms with Gasteiger partial charge in [0.2, 0.25) is 0 Å². The standard InChI is InChI=1S/C3HN3O2/c4-1-2-5-6-3(7)8-2/h(H,6,7). The van der Waals surface area contributed by atoms with Crippen LogP contribution in [0.4, 0.5) is 0 Å². The van der Waals surface area contributed by atoms with Gasteiger partial charge in [-0.05, 0) is 0 Å². The number of aromatic nitrogens is 2. The van der Waals surface area contributed by atoms with Crippen molar-refractivity contribution in [3.63, 3.8) is 0 Å². The lowest BCUT2D eigenvalue weighted by Crippen LogP contribution is -1.93. The van der Waals surface area contributed by atoms with Crippen LogP contribution in [0.5, 0.6) is 0 Å². The fraction of sp³-hybridized carbons (Fsp3) is 0. The molecule has 0 unspecified atom stereocenters. The van der Waals surface area contributed by atoms with Crippen LogP contribution in [0.2, 0.25) is 0 Å². The molecule has 40 valence electrons. The van der Waals surface area contributed by atoms with Crippen molar-refractivity contribution in [1.29, 1.82) is 5.26 Å². The molecule has 1 heterocycles. The summed E-state index contributed by atoms with van der Waals surface area (Å²) in [5.41, 5.74) is 0. The van der Waals surface area contributed by atoms with Crippen LogP contribution in [-0.4, -0.2) is 10.2 Å². The zero-order chi connectivity index (χ0) is 5.98. The molecular formula is C3HN3O2. The van der Waals surface area contributed by atoms with Crippen LogP contribution in [-0.2, 0) is 0 Å². The lowest BCUT2D eigenvalue weighted by molar-refractivity contribution is 0.500. The van der Waals surface area contributed by atoms with E-state index in [2.05, 4.69) is 9.52 Å². The minimum absolute atomic E-state index is 0.241. The van der Waals surface area contributed by atoms with E-state index in [4.69, 9.17) is 5.26 Å². The Morgan fingerprint density at radius 3 is 2.88 bits per heavy atom. The largest absolute Gasteiger partial charge is 0.435 e. The maximum absolute atomic E-state index is 10.0. The summed E-state index contributed by atoms with van der Waals surface area (Å²) >= 11 is 0. The maximum Gasteiger partial charge on any atom is 0.435 e.